The molecule has 4 rings (SSSR count). The zero-order chi connectivity index (χ0) is 15.8. The Balaban J connectivity index is 1.37. The number of H-pyrrole nitrogens is 1. The number of fused-ring (bicyclic) bond motifs is 1. The zero-order valence-electron chi connectivity index (χ0n) is 13.8. The molecule has 0 bridgehead atoms. The fourth-order valence-electron chi connectivity index (χ4n) is 3.74. The van der Waals surface area contributed by atoms with E-state index in [1.54, 1.807) is 0 Å². The predicted octanol–water partition coefficient (Wildman–Crippen LogP) is 2.62. The first kappa shape index (κ1) is 14.9. The van der Waals surface area contributed by atoms with E-state index in [2.05, 4.69) is 39.1 Å². The van der Waals surface area contributed by atoms with Gasteiger partial charge < -0.3 is 9.15 Å². The van der Waals surface area contributed by atoms with Gasteiger partial charge >= 0.3 is 0 Å². The van der Waals surface area contributed by atoms with Crippen LogP contribution in [0.5, 0.6) is 0 Å². The van der Waals surface area contributed by atoms with Gasteiger partial charge in [0.05, 0.1) is 12.6 Å². The van der Waals surface area contributed by atoms with Gasteiger partial charge in [0.25, 0.3) is 0 Å². The van der Waals surface area contributed by atoms with E-state index >= 15 is 0 Å². The molecule has 2 aliphatic heterocycles. The Labute approximate surface area is 136 Å². The van der Waals surface area contributed by atoms with Crippen LogP contribution in [0.3, 0.4) is 0 Å². The number of aromatic amines is 1. The summed E-state index contributed by atoms with van der Waals surface area (Å²) in [7, 11) is 0. The van der Waals surface area contributed by atoms with Crippen molar-refractivity contribution in [3.63, 3.8) is 0 Å². The smallest absolute Gasteiger partial charge is 0.153 e. The lowest BCUT2D eigenvalue weighted by Gasteiger charge is -2.33. The number of hydrogen-bond donors (Lipinski definition) is 1. The third-order valence-electron chi connectivity index (χ3n) is 5.00. The molecule has 0 aliphatic carbocycles. The summed E-state index contributed by atoms with van der Waals surface area (Å²) >= 11 is 0. The standard InChI is InChI=1S/C17H24N4O2/c1-3-13-4-5-14(22-13)9-21-7-6-12-8-15(23-16(12)10-21)17-18-11(2)19-20-17/h4-5,12,15-16H,3,6-10H2,1-2H3,(H,18,19,20)/t12-,15+,16+/m0/s1. The van der Waals surface area contributed by atoms with Crippen molar-refractivity contribution in [1.29, 1.82) is 0 Å². The molecule has 1 N–H and O–H groups in total. The molecule has 2 aromatic heterocycles. The summed E-state index contributed by atoms with van der Waals surface area (Å²) in [6.45, 7) is 6.97. The van der Waals surface area contributed by atoms with Crippen molar-refractivity contribution < 1.29 is 9.15 Å². The second kappa shape index (κ2) is 6.09. The molecule has 0 aromatic carbocycles. The first-order chi connectivity index (χ1) is 11.2. The summed E-state index contributed by atoms with van der Waals surface area (Å²) in [6, 6.07) is 4.18. The third kappa shape index (κ3) is 3.05. The van der Waals surface area contributed by atoms with Crippen LogP contribution in [0.1, 0.15) is 49.0 Å². The van der Waals surface area contributed by atoms with E-state index in [4.69, 9.17) is 9.15 Å². The van der Waals surface area contributed by atoms with E-state index < -0.39 is 0 Å². The molecular formula is C17H24N4O2. The van der Waals surface area contributed by atoms with E-state index in [-0.39, 0.29) is 6.10 Å². The van der Waals surface area contributed by atoms with Crippen LogP contribution in [0, 0.1) is 12.8 Å². The summed E-state index contributed by atoms with van der Waals surface area (Å²) in [5.41, 5.74) is 0. The molecule has 2 aliphatic rings. The van der Waals surface area contributed by atoms with Crippen molar-refractivity contribution in [3.8, 4) is 0 Å². The molecule has 6 nitrogen and oxygen atoms in total. The van der Waals surface area contributed by atoms with Crippen LogP contribution >= 0.6 is 0 Å². The van der Waals surface area contributed by atoms with E-state index in [0.717, 1.165) is 55.6 Å². The summed E-state index contributed by atoms with van der Waals surface area (Å²) in [4.78, 5) is 6.87. The molecule has 4 heterocycles. The van der Waals surface area contributed by atoms with Crippen molar-refractivity contribution in [2.75, 3.05) is 13.1 Å². The summed E-state index contributed by atoms with van der Waals surface area (Å²) in [6.07, 6.45) is 3.54. The molecule has 0 unspecified atom stereocenters. The topological polar surface area (TPSA) is 67.2 Å². The normalized spacial score (nSPS) is 28.2. The van der Waals surface area contributed by atoms with Gasteiger partial charge in [-0.1, -0.05) is 6.92 Å². The highest BCUT2D eigenvalue weighted by atomic mass is 16.5. The Morgan fingerprint density at radius 2 is 2.22 bits per heavy atom. The number of aryl methyl sites for hydroxylation is 2. The molecule has 2 fully saturated rings. The van der Waals surface area contributed by atoms with Crippen molar-refractivity contribution in [2.24, 2.45) is 5.92 Å². The Bertz CT molecular complexity index is 665. The minimum Gasteiger partial charge on any atom is -0.465 e. The predicted molar refractivity (Wildman–Crippen MR) is 84.8 cm³/mol. The minimum atomic E-state index is 0.0708. The molecule has 124 valence electrons. The van der Waals surface area contributed by atoms with Gasteiger partial charge in [0.2, 0.25) is 0 Å². The van der Waals surface area contributed by atoms with Gasteiger partial charge in [-0.25, -0.2) is 4.98 Å². The molecule has 6 heteroatoms. The third-order valence-corrected chi connectivity index (χ3v) is 5.00. The maximum absolute atomic E-state index is 6.25. The van der Waals surface area contributed by atoms with Gasteiger partial charge in [0, 0.05) is 13.0 Å². The van der Waals surface area contributed by atoms with E-state index in [0.29, 0.717) is 12.0 Å². The second-order valence-corrected chi connectivity index (χ2v) is 6.67. The number of hydrogen-bond acceptors (Lipinski definition) is 5. The number of likely N-dealkylation sites (tertiary alicyclic amines) is 1. The van der Waals surface area contributed by atoms with E-state index in [1.165, 1.54) is 6.42 Å². The SMILES string of the molecule is CCc1ccc(CN2CC[C@H]3C[C@H](c4nc(C)n[nH]4)O[C@@H]3C2)o1. The van der Waals surface area contributed by atoms with E-state index in [1.807, 2.05) is 6.92 Å². The van der Waals surface area contributed by atoms with Crippen LogP contribution < -0.4 is 0 Å². The lowest BCUT2D eigenvalue weighted by atomic mass is 9.91. The van der Waals surface area contributed by atoms with Crippen molar-refractivity contribution in [2.45, 2.75) is 51.9 Å². The number of nitrogens with one attached hydrogen (secondary N) is 1. The fourth-order valence-corrected chi connectivity index (χ4v) is 3.74. The summed E-state index contributed by atoms with van der Waals surface area (Å²) < 4.78 is 12.1. The largest absolute Gasteiger partial charge is 0.465 e. The van der Waals surface area contributed by atoms with Gasteiger partial charge in [-0.2, -0.15) is 5.10 Å². The highest BCUT2D eigenvalue weighted by Crippen LogP contribution is 2.40. The number of aromatic nitrogens is 3. The molecule has 0 spiro atoms. The van der Waals surface area contributed by atoms with Crippen LogP contribution in [-0.4, -0.2) is 39.3 Å². The molecular weight excluding hydrogens is 292 g/mol. The van der Waals surface area contributed by atoms with Gasteiger partial charge in [0.1, 0.15) is 23.4 Å². The first-order valence-corrected chi connectivity index (χ1v) is 8.55. The highest BCUT2D eigenvalue weighted by molar-refractivity contribution is 5.07. The molecule has 0 amide bonds. The zero-order valence-corrected chi connectivity index (χ0v) is 13.8. The lowest BCUT2D eigenvalue weighted by molar-refractivity contribution is -0.0132. The second-order valence-electron chi connectivity index (χ2n) is 6.67. The monoisotopic (exact) mass is 316 g/mol. The van der Waals surface area contributed by atoms with Crippen LogP contribution in [-0.2, 0) is 17.7 Å². The average molecular weight is 316 g/mol. The van der Waals surface area contributed by atoms with E-state index in [9.17, 15) is 0 Å². The Hall–Kier alpha value is -1.66. The van der Waals surface area contributed by atoms with Crippen LogP contribution in [0.15, 0.2) is 16.5 Å². The molecule has 23 heavy (non-hydrogen) atoms. The van der Waals surface area contributed by atoms with Crippen LogP contribution in [0.4, 0.5) is 0 Å². The fraction of sp³-hybridized carbons (Fsp3) is 0.647. The highest BCUT2D eigenvalue weighted by Gasteiger charge is 2.40. The number of nitrogens with zero attached hydrogens (tertiary/aromatic N) is 3. The molecule has 0 radical (unpaired) electrons. The van der Waals surface area contributed by atoms with Crippen molar-refractivity contribution in [3.05, 3.63) is 35.3 Å². The van der Waals surface area contributed by atoms with Crippen molar-refractivity contribution >= 4 is 0 Å². The Kier molecular flexibility index (Phi) is 3.95. The number of furan rings is 1. The summed E-state index contributed by atoms with van der Waals surface area (Å²) in [5, 5.41) is 7.12. The maximum Gasteiger partial charge on any atom is 0.153 e. The van der Waals surface area contributed by atoms with Crippen LogP contribution in [0.25, 0.3) is 0 Å². The minimum absolute atomic E-state index is 0.0708. The van der Waals surface area contributed by atoms with Gasteiger partial charge in [-0.15, -0.1) is 0 Å². The molecule has 0 saturated carbocycles. The van der Waals surface area contributed by atoms with Gasteiger partial charge in [-0.3, -0.25) is 10.00 Å². The molecule has 2 saturated heterocycles. The number of ether oxygens (including phenoxy) is 1. The lowest BCUT2D eigenvalue weighted by Crippen LogP contribution is -2.41. The molecule has 2 aromatic rings. The number of piperidine rings is 1. The quantitative estimate of drug-likeness (QED) is 0.939. The van der Waals surface area contributed by atoms with Gasteiger partial charge in [-0.05, 0) is 44.4 Å². The summed E-state index contributed by atoms with van der Waals surface area (Å²) in [5.74, 6) is 4.41. The first-order valence-electron chi connectivity index (χ1n) is 8.55. The molecule has 3 atom stereocenters. The van der Waals surface area contributed by atoms with Crippen LogP contribution in [0.2, 0.25) is 0 Å². The Morgan fingerprint density at radius 3 is 2.96 bits per heavy atom. The average Bonchev–Trinajstić information content (AvgIpc) is 3.25. The number of rotatable bonds is 4. The maximum atomic E-state index is 6.25. The van der Waals surface area contributed by atoms with Gasteiger partial charge in [0.15, 0.2) is 5.82 Å². The van der Waals surface area contributed by atoms with Crippen molar-refractivity contribution in [1.82, 2.24) is 20.1 Å². The Morgan fingerprint density at radius 1 is 1.35 bits per heavy atom.